The summed E-state index contributed by atoms with van der Waals surface area (Å²) in [6.45, 7) is 7.78. The van der Waals surface area contributed by atoms with Crippen LogP contribution in [0, 0.1) is 6.92 Å². The smallest absolute Gasteiger partial charge is 0.381 e. The van der Waals surface area contributed by atoms with Gasteiger partial charge in [0.05, 0.1) is 18.1 Å². The van der Waals surface area contributed by atoms with Gasteiger partial charge in [0.1, 0.15) is 5.82 Å². The minimum absolute atomic E-state index is 0.0756. The number of aryl methyl sites for hydroxylation is 1. The number of ketones is 2. The Kier molecular flexibility index (Phi) is 13.1. The predicted octanol–water partition coefficient (Wildman–Crippen LogP) is 4.97. The Hall–Kier alpha value is -3.32. The lowest BCUT2D eigenvalue weighted by molar-refractivity contribution is -0.110. The van der Waals surface area contributed by atoms with Gasteiger partial charge in [0.15, 0.2) is 0 Å². The van der Waals surface area contributed by atoms with Crippen LogP contribution in [0.15, 0.2) is 65.6 Å². The van der Waals surface area contributed by atoms with Crippen LogP contribution in [0.25, 0.3) is 6.08 Å². The van der Waals surface area contributed by atoms with Crippen molar-refractivity contribution < 1.29 is 31.6 Å². The van der Waals surface area contributed by atoms with Gasteiger partial charge in [-0.3, -0.25) is 18.6 Å². The van der Waals surface area contributed by atoms with E-state index in [-0.39, 0.29) is 10.8 Å². The third-order valence-corrected chi connectivity index (χ3v) is 8.54. The Morgan fingerprint density at radius 1 is 0.952 bits per heavy atom. The van der Waals surface area contributed by atoms with E-state index in [9.17, 15) is 18.0 Å². The number of hydrogen-bond acceptors (Lipinski definition) is 11. The third kappa shape index (κ3) is 10.8. The minimum atomic E-state index is -3.58. The number of anilines is 1. The molecule has 11 nitrogen and oxygen atoms in total. The molecule has 1 aromatic heterocycles. The molecule has 1 aliphatic carbocycles. The van der Waals surface area contributed by atoms with Gasteiger partial charge in [-0.2, -0.15) is 4.98 Å². The monoisotopic (exact) mass is 634 g/mol. The number of carbonyl (C=O) groups excluding carboxylic acids is 2. The lowest BCUT2D eigenvalue weighted by atomic mass is 9.96. The van der Waals surface area contributed by atoms with Crippen LogP contribution in [0.2, 0.25) is 0 Å². The molecule has 0 unspecified atom stereocenters. The fourth-order valence-corrected chi connectivity index (χ4v) is 5.78. The molecule has 0 bridgehead atoms. The summed E-state index contributed by atoms with van der Waals surface area (Å²) in [6, 6.07) is 14.5. The highest BCUT2D eigenvalue weighted by atomic mass is 32.5. The minimum Gasteiger partial charge on any atom is -0.406 e. The maximum atomic E-state index is 11.2. The number of aromatic nitrogens is 2. The van der Waals surface area contributed by atoms with Crippen molar-refractivity contribution in [1.82, 2.24) is 9.97 Å². The van der Waals surface area contributed by atoms with Gasteiger partial charge in [-0.25, -0.2) is 18.5 Å². The van der Waals surface area contributed by atoms with Gasteiger partial charge < -0.3 is 10.3 Å². The number of nitrogen functional groups attached to an aromatic ring is 1. The molecule has 42 heavy (non-hydrogen) atoms. The van der Waals surface area contributed by atoms with Gasteiger partial charge in [0, 0.05) is 40.7 Å². The molecule has 0 radical (unpaired) electrons. The van der Waals surface area contributed by atoms with Crippen LogP contribution in [-0.2, 0) is 35.7 Å². The number of benzene rings is 2. The van der Waals surface area contributed by atoms with E-state index in [0.29, 0.717) is 30.3 Å². The summed E-state index contributed by atoms with van der Waals surface area (Å²) < 4.78 is 37.9. The molecule has 0 saturated carbocycles. The van der Waals surface area contributed by atoms with E-state index in [1.54, 1.807) is 24.3 Å². The Balaban J connectivity index is 0.000000231. The van der Waals surface area contributed by atoms with Crippen LogP contribution in [0.5, 0.6) is 5.88 Å². The largest absolute Gasteiger partial charge is 0.406 e. The second-order valence-electron chi connectivity index (χ2n) is 8.96. The molecular formula is C28H35N4O7PS2. The summed E-state index contributed by atoms with van der Waals surface area (Å²) >= 11 is 5.32. The van der Waals surface area contributed by atoms with Crippen molar-refractivity contribution in [3.05, 3.63) is 83.3 Å². The van der Waals surface area contributed by atoms with E-state index in [4.69, 9.17) is 36.3 Å². The van der Waals surface area contributed by atoms with Crippen molar-refractivity contribution in [2.45, 2.75) is 45.4 Å². The third-order valence-electron chi connectivity index (χ3n) is 5.20. The first kappa shape index (κ1) is 34.9. The molecule has 226 valence electrons. The first-order chi connectivity index (χ1) is 19.7. The predicted molar refractivity (Wildman–Crippen MR) is 166 cm³/mol. The van der Waals surface area contributed by atoms with Gasteiger partial charge in [-0.1, -0.05) is 44.2 Å². The van der Waals surface area contributed by atoms with Crippen molar-refractivity contribution in [2.24, 2.45) is 5.14 Å². The molecule has 0 spiro atoms. The highest BCUT2D eigenvalue weighted by Gasteiger charge is 2.23. The van der Waals surface area contributed by atoms with E-state index >= 15 is 0 Å². The second kappa shape index (κ2) is 15.8. The Morgan fingerprint density at radius 2 is 1.55 bits per heavy atom. The summed E-state index contributed by atoms with van der Waals surface area (Å²) in [7, 11) is -3.58. The zero-order chi connectivity index (χ0) is 31.5. The molecule has 1 aliphatic rings. The average Bonchev–Trinajstić information content (AvgIpc) is 2.91. The average molecular weight is 635 g/mol. The number of hydrogen-bond donors (Lipinski definition) is 2. The van der Waals surface area contributed by atoms with E-state index in [0.717, 1.165) is 17.1 Å². The Labute approximate surface area is 251 Å². The number of fused-ring (bicyclic) bond motifs is 1. The molecule has 4 N–H and O–H groups in total. The topological polar surface area (TPSA) is 174 Å². The number of allylic oxidation sites excluding steroid dienone is 1. The fourth-order valence-electron chi connectivity index (χ4n) is 3.27. The first-order valence-electron chi connectivity index (χ1n) is 12.9. The van der Waals surface area contributed by atoms with E-state index < -0.39 is 28.3 Å². The molecule has 3 aromatic rings. The lowest BCUT2D eigenvalue weighted by Crippen LogP contribution is -2.15. The number of carbonyl (C=O) groups is 2. The Bertz CT molecular complexity index is 1570. The summed E-state index contributed by atoms with van der Waals surface area (Å²) in [4.78, 5) is 30.9. The standard InChI is InChI=1S/C12H21N2O3PS.C10H6O2.C6H8N2O2S/c1-6-15-18(19,16-7-2)17-11-8-10(5)13-12(14-11)9(3)4;11-9-6-5-7-3-1-2-4-8(7)10(9)12;7-5-1-3-6(4-2-5)11(8,9)10/h8-9H,6-7H2,1-5H3;1-6H;1-4H,7H2,(H2,8,9,10). The highest BCUT2D eigenvalue weighted by Crippen LogP contribution is 2.49. The second-order valence-corrected chi connectivity index (χ2v) is 13.5. The summed E-state index contributed by atoms with van der Waals surface area (Å²) in [5.74, 6) is 0.520. The molecule has 2 aromatic carbocycles. The van der Waals surface area contributed by atoms with Crippen molar-refractivity contribution in [2.75, 3.05) is 18.9 Å². The maximum Gasteiger partial charge on any atom is 0.381 e. The first-order valence-corrected chi connectivity index (χ1v) is 17.0. The molecular weight excluding hydrogens is 599 g/mol. The zero-order valence-electron chi connectivity index (χ0n) is 24.0. The van der Waals surface area contributed by atoms with Crippen LogP contribution in [0.4, 0.5) is 5.69 Å². The van der Waals surface area contributed by atoms with E-state index in [1.807, 2.05) is 46.8 Å². The molecule has 1 heterocycles. The maximum absolute atomic E-state index is 11.2. The van der Waals surface area contributed by atoms with E-state index in [2.05, 4.69) is 9.97 Å². The van der Waals surface area contributed by atoms with Crippen molar-refractivity contribution in [3.63, 3.8) is 0 Å². The number of rotatable bonds is 8. The van der Waals surface area contributed by atoms with Gasteiger partial charge >= 0.3 is 6.72 Å². The van der Waals surface area contributed by atoms with Gasteiger partial charge in [-0.05, 0) is 56.7 Å². The summed E-state index contributed by atoms with van der Waals surface area (Å²) in [5.41, 5.74) is 8.01. The zero-order valence-corrected chi connectivity index (χ0v) is 26.5. The summed E-state index contributed by atoms with van der Waals surface area (Å²) in [6.07, 6.45) is 2.98. The van der Waals surface area contributed by atoms with Crippen molar-refractivity contribution >= 4 is 51.9 Å². The highest BCUT2D eigenvalue weighted by molar-refractivity contribution is 8.07. The molecule has 0 amide bonds. The van der Waals surface area contributed by atoms with Crippen LogP contribution in [-0.4, -0.2) is 43.2 Å². The van der Waals surface area contributed by atoms with Crippen LogP contribution in [0.3, 0.4) is 0 Å². The van der Waals surface area contributed by atoms with Crippen LogP contribution in [0.1, 0.15) is 61.1 Å². The molecule has 4 rings (SSSR count). The molecule has 14 heteroatoms. The normalized spacial score (nSPS) is 12.5. The number of primary sulfonamides is 1. The SMILES string of the molecule is CCOP(=S)(OCC)Oc1cc(C)nc(C(C)C)n1.Nc1ccc(S(N)(=O)=O)cc1.O=C1C=Cc2ccccc2C1=O. The lowest BCUT2D eigenvalue weighted by Gasteiger charge is -2.20. The van der Waals surface area contributed by atoms with E-state index in [1.165, 1.54) is 30.3 Å². The quantitative estimate of drug-likeness (QED) is 0.195. The van der Waals surface area contributed by atoms with Crippen LogP contribution >= 0.6 is 6.72 Å². The molecule has 0 atom stereocenters. The van der Waals surface area contributed by atoms with Gasteiger partial charge in [0.25, 0.3) is 0 Å². The summed E-state index contributed by atoms with van der Waals surface area (Å²) in [5, 5.41) is 4.84. The number of nitrogens with two attached hydrogens (primary N) is 2. The van der Waals surface area contributed by atoms with Crippen molar-refractivity contribution in [1.29, 1.82) is 0 Å². The van der Waals surface area contributed by atoms with Gasteiger partial charge in [-0.15, -0.1) is 0 Å². The van der Waals surface area contributed by atoms with Crippen molar-refractivity contribution in [3.8, 4) is 5.88 Å². The molecule has 0 saturated heterocycles. The number of sulfonamides is 1. The Morgan fingerprint density at radius 3 is 2.10 bits per heavy atom. The fraction of sp³-hybridized carbons (Fsp3) is 0.286. The number of Topliss-reactive ketones (excluding diaryl/α,β-unsaturated/α-hetero) is 1. The molecule has 0 aliphatic heterocycles. The van der Waals surface area contributed by atoms with Crippen LogP contribution < -0.4 is 15.4 Å². The number of nitrogens with zero attached hydrogens (tertiary/aromatic N) is 2. The molecule has 0 fully saturated rings. The van der Waals surface area contributed by atoms with Gasteiger partial charge in [0.2, 0.25) is 27.5 Å².